The maximum atomic E-state index is 4.19. The predicted octanol–water partition coefficient (Wildman–Crippen LogP) is 2.06. The summed E-state index contributed by atoms with van der Waals surface area (Å²) in [5, 5.41) is 2.01. The minimum absolute atomic E-state index is 0.319. The first-order valence-corrected chi connectivity index (χ1v) is 3.45. The number of hydrogen-bond acceptors (Lipinski definition) is 2. The average Bonchev–Trinajstić information content (AvgIpc) is 1.91. The van der Waals surface area contributed by atoms with Gasteiger partial charge in [-0.2, -0.15) is 12.6 Å². The van der Waals surface area contributed by atoms with Crippen LogP contribution in [0.4, 0.5) is 0 Å². The zero-order valence-electron chi connectivity index (χ0n) is 3.79. The number of hydrogen-bond donors (Lipinski definition) is 1. The molecule has 0 radical (unpaired) electrons. The molecular formula is C5H6S2. The monoisotopic (exact) mass is 130 g/mol. The van der Waals surface area contributed by atoms with Gasteiger partial charge < -0.3 is 0 Å². The Morgan fingerprint density at radius 2 is 2.57 bits per heavy atom. The van der Waals surface area contributed by atoms with E-state index in [1.807, 2.05) is 11.5 Å². The summed E-state index contributed by atoms with van der Waals surface area (Å²) >= 11 is 5.88. The molecule has 0 amide bonds. The van der Waals surface area contributed by atoms with Gasteiger partial charge in [-0.1, -0.05) is 12.7 Å². The van der Waals surface area contributed by atoms with Crippen LogP contribution in [-0.2, 0) is 0 Å². The van der Waals surface area contributed by atoms with Crippen molar-refractivity contribution in [2.75, 3.05) is 0 Å². The van der Waals surface area contributed by atoms with Crippen LogP contribution in [0.5, 0.6) is 0 Å². The van der Waals surface area contributed by atoms with Crippen LogP contribution < -0.4 is 0 Å². The first-order chi connectivity index (χ1) is 3.30. The molecule has 0 aromatic rings. The van der Waals surface area contributed by atoms with Crippen LogP contribution in [0, 0.1) is 0 Å². The normalized spacial score (nSPS) is 29.3. The number of rotatable bonds is 0. The molecule has 0 nitrogen and oxygen atoms in total. The van der Waals surface area contributed by atoms with Gasteiger partial charge >= 0.3 is 0 Å². The van der Waals surface area contributed by atoms with Crippen molar-refractivity contribution in [3.63, 3.8) is 0 Å². The second-order valence-electron chi connectivity index (χ2n) is 1.37. The van der Waals surface area contributed by atoms with Gasteiger partial charge in [-0.25, -0.2) is 0 Å². The van der Waals surface area contributed by atoms with Crippen molar-refractivity contribution in [3.05, 3.63) is 23.6 Å². The lowest BCUT2D eigenvalue weighted by Gasteiger charge is -1.95. The van der Waals surface area contributed by atoms with Crippen molar-refractivity contribution in [1.82, 2.24) is 0 Å². The highest BCUT2D eigenvalue weighted by Crippen LogP contribution is 2.29. The van der Waals surface area contributed by atoms with Crippen molar-refractivity contribution in [2.45, 2.75) is 4.58 Å². The standard InChI is InChI=1S/C5H6S2/c1-4-2-3-7-5(4)6/h2-3,5-6H,1H2. The highest BCUT2D eigenvalue weighted by Gasteiger charge is 2.07. The van der Waals surface area contributed by atoms with Gasteiger partial charge in [0.2, 0.25) is 0 Å². The van der Waals surface area contributed by atoms with Crippen LogP contribution in [-0.4, -0.2) is 4.58 Å². The SMILES string of the molecule is C=C1C=CSC1S. The van der Waals surface area contributed by atoms with Gasteiger partial charge in [-0.05, 0) is 11.0 Å². The molecule has 0 aromatic heterocycles. The van der Waals surface area contributed by atoms with E-state index in [4.69, 9.17) is 0 Å². The van der Waals surface area contributed by atoms with Crippen LogP contribution in [0.1, 0.15) is 0 Å². The molecule has 0 N–H and O–H groups in total. The molecule has 0 fully saturated rings. The zero-order valence-corrected chi connectivity index (χ0v) is 5.51. The van der Waals surface area contributed by atoms with Crippen LogP contribution >= 0.6 is 24.4 Å². The van der Waals surface area contributed by atoms with E-state index in [1.165, 1.54) is 0 Å². The van der Waals surface area contributed by atoms with Gasteiger partial charge in [0, 0.05) is 0 Å². The maximum Gasteiger partial charge on any atom is 0.0757 e. The Hall–Kier alpha value is 0.180. The van der Waals surface area contributed by atoms with Crippen molar-refractivity contribution in [3.8, 4) is 0 Å². The van der Waals surface area contributed by atoms with E-state index in [9.17, 15) is 0 Å². The van der Waals surface area contributed by atoms with Gasteiger partial charge in [0.05, 0.1) is 4.58 Å². The second kappa shape index (κ2) is 1.97. The third kappa shape index (κ3) is 1.04. The van der Waals surface area contributed by atoms with Crippen molar-refractivity contribution >= 4 is 24.4 Å². The molecule has 0 aliphatic carbocycles. The van der Waals surface area contributed by atoms with Crippen LogP contribution in [0.3, 0.4) is 0 Å². The summed E-state index contributed by atoms with van der Waals surface area (Å²) in [6, 6.07) is 0. The molecule has 2 heteroatoms. The summed E-state index contributed by atoms with van der Waals surface area (Å²) in [4.78, 5) is 0. The second-order valence-corrected chi connectivity index (χ2v) is 3.25. The lowest BCUT2D eigenvalue weighted by atomic mass is 10.4. The molecule has 0 bridgehead atoms. The van der Waals surface area contributed by atoms with E-state index in [2.05, 4.69) is 19.2 Å². The van der Waals surface area contributed by atoms with Gasteiger partial charge in [-0.15, -0.1) is 11.8 Å². The first-order valence-electron chi connectivity index (χ1n) is 1.99. The molecule has 7 heavy (non-hydrogen) atoms. The first kappa shape index (κ1) is 5.32. The molecule has 0 saturated heterocycles. The molecule has 0 saturated carbocycles. The largest absolute Gasteiger partial charge is 0.160 e. The summed E-state index contributed by atoms with van der Waals surface area (Å²) in [5.74, 6) is 0. The molecule has 38 valence electrons. The fourth-order valence-electron chi connectivity index (χ4n) is 0.371. The molecule has 1 aliphatic heterocycles. The quantitative estimate of drug-likeness (QED) is 0.490. The van der Waals surface area contributed by atoms with E-state index in [0.29, 0.717) is 4.58 Å². The summed E-state index contributed by atoms with van der Waals surface area (Å²) in [7, 11) is 0. The van der Waals surface area contributed by atoms with Gasteiger partial charge in [0.1, 0.15) is 0 Å². The van der Waals surface area contributed by atoms with E-state index < -0.39 is 0 Å². The Kier molecular flexibility index (Phi) is 1.50. The van der Waals surface area contributed by atoms with Crippen LogP contribution in [0.15, 0.2) is 23.6 Å². The van der Waals surface area contributed by atoms with Gasteiger partial charge in [0.15, 0.2) is 0 Å². The van der Waals surface area contributed by atoms with Crippen molar-refractivity contribution in [1.29, 1.82) is 0 Å². The third-order valence-electron chi connectivity index (χ3n) is 0.807. The fraction of sp³-hybridized carbons (Fsp3) is 0.200. The summed E-state index contributed by atoms with van der Waals surface area (Å²) < 4.78 is 0.319. The Bertz CT molecular complexity index is 115. The van der Waals surface area contributed by atoms with Crippen LogP contribution in [0.25, 0.3) is 0 Å². The maximum absolute atomic E-state index is 4.19. The van der Waals surface area contributed by atoms with Gasteiger partial charge in [0.25, 0.3) is 0 Å². The zero-order chi connectivity index (χ0) is 5.28. The summed E-state index contributed by atoms with van der Waals surface area (Å²) in [6.07, 6.45) is 1.99. The highest BCUT2D eigenvalue weighted by molar-refractivity contribution is 8.12. The summed E-state index contributed by atoms with van der Waals surface area (Å²) in [5.41, 5.74) is 1.10. The molecular weight excluding hydrogens is 124 g/mol. The summed E-state index contributed by atoms with van der Waals surface area (Å²) in [6.45, 7) is 3.75. The smallest absolute Gasteiger partial charge is 0.0757 e. The Morgan fingerprint density at radius 1 is 1.86 bits per heavy atom. The molecule has 0 spiro atoms. The molecule has 1 atom stereocenters. The van der Waals surface area contributed by atoms with Crippen molar-refractivity contribution in [2.24, 2.45) is 0 Å². The van der Waals surface area contributed by atoms with Crippen molar-refractivity contribution < 1.29 is 0 Å². The lowest BCUT2D eigenvalue weighted by Crippen LogP contribution is -1.83. The lowest BCUT2D eigenvalue weighted by molar-refractivity contribution is 1.55. The predicted molar refractivity (Wildman–Crippen MR) is 38.6 cm³/mol. The Morgan fingerprint density at radius 3 is 2.71 bits per heavy atom. The minimum atomic E-state index is 0.319. The minimum Gasteiger partial charge on any atom is -0.160 e. The number of allylic oxidation sites excluding steroid dienone is 1. The molecule has 1 aliphatic rings. The topological polar surface area (TPSA) is 0 Å². The Labute approximate surface area is 53.1 Å². The van der Waals surface area contributed by atoms with E-state index >= 15 is 0 Å². The van der Waals surface area contributed by atoms with E-state index in [-0.39, 0.29) is 0 Å². The third-order valence-corrected chi connectivity index (χ3v) is 2.36. The molecule has 0 aromatic carbocycles. The molecule has 1 unspecified atom stereocenters. The molecule has 1 heterocycles. The van der Waals surface area contributed by atoms with E-state index in [0.717, 1.165) is 5.57 Å². The fourth-order valence-corrected chi connectivity index (χ4v) is 1.32. The number of thioether (sulfide) groups is 1. The van der Waals surface area contributed by atoms with E-state index in [1.54, 1.807) is 11.8 Å². The van der Waals surface area contributed by atoms with Gasteiger partial charge in [-0.3, -0.25) is 0 Å². The Balaban J connectivity index is 2.62. The number of thiol groups is 1. The van der Waals surface area contributed by atoms with Crippen LogP contribution in [0.2, 0.25) is 0 Å². The highest BCUT2D eigenvalue weighted by atomic mass is 32.2. The molecule has 1 rings (SSSR count). The average molecular weight is 130 g/mol.